The first-order valence-corrected chi connectivity index (χ1v) is 9.64. The van der Waals surface area contributed by atoms with Gasteiger partial charge in [-0.2, -0.15) is 0 Å². The van der Waals surface area contributed by atoms with Crippen molar-refractivity contribution in [3.8, 4) is 5.75 Å². The molecule has 4 rings (SSSR count). The summed E-state index contributed by atoms with van der Waals surface area (Å²) in [6.45, 7) is 2.78. The lowest BCUT2D eigenvalue weighted by Gasteiger charge is -2.35. The molecule has 0 bridgehead atoms. The molecule has 1 N–H and O–H groups in total. The van der Waals surface area contributed by atoms with Gasteiger partial charge in [0, 0.05) is 31.9 Å². The number of ether oxygens (including phenoxy) is 1. The summed E-state index contributed by atoms with van der Waals surface area (Å²) >= 11 is 0. The van der Waals surface area contributed by atoms with Gasteiger partial charge in [-0.05, 0) is 36.4 Å². The van der Waals surface area contributed by atoms with E-state index in [1.807, 2.05) is 77.7 Å². The van der Waals surface area contributed by atoms with E-state index in [0.29, 0.717) is 24.7 Å². The normalized spacial score (nSPS) is 13.8. The van der Waals surface area contributed by atoms with Gasteiger partial charge < -0.3 is 19.9 Å². The Balaban J connectivity index is 1.26. The topological polar surface area (TPSA) is 70.6 Å². The van der Waals surface area contributed by atoms with Crippen LogP contribution in [0.15, 0.2) is 72.8 Å². The summed E-state index contributed by atoms with van der Waals surface area (Å²) in [5.41, 5.74) is 0.972. The van der Waals surface area contributed by atoms with Crippen molar-refractivity contribution in [3.63, 3.8) is 0 Å². The van der Waals surface area contributed by atoms with E-state index < -0.39 is 0 Å². The highest BCUT2D eigenvalue weighted by Crippen LogP contribution is 2.17. The van der Waals surface area contributed by atoms with Crippen molar-refractivity contribution >= 4 is 23.2 Å². The maximum absolute atomic E-state index is 12.4. The Morgan fingerprint density at radius 2 is 1.55 bits per heavy atom. The van der Waals surface area contributed by atoms with Crippen LogP contribution in [0, 0.1) is 0 Å². The summed E-state index contributed by atoms with van der Waals surface area (Å²) in [7, 11) is 0. The summed E-state index contributed by atoms with van der Waals surface area (Å²) < 4.78 is 5.56. The smallest absolute Gasteiger partial charge is 0.260 e. The van der Waals surface area contributed by atoms with Gasteiger partial charge in [-0.3, -0.25) is 4.79 Å². The zero-order valence-corrected chi connectivity index (χ0v) is 16.1. The highest BCUT2D eigenvalue weighted by molar-refractivity contribution is 5.78. The molecule has 1 saturated heterocycles. The third-order valence-electron chi connectivity index (χ3n) is 4.76. The van der Waals surface area contributed by atoms with Crippen LogP contribution in [-0.2, 0) is 4.79 Å². The molecule has 0 saturated carbocycles. The minimum Gasteiger partial charge on any atom is -0.484 e. The molecule has 2 aromatic carbocycles. The van der Waals surface area contributed by atoms with E-state index >= 15 is 0 Å². The average Bonchev–Trinajstić information content (AvgIpc) is 2.79. The van der Waals surface area contributed by atoms with Gasteiger partial charge in [0.05, 0.1) is 0 Å². The highest BCUT2D eigenvalue weighted by Gasteiger charge is 2.22. The highest BCUT2D eigenvalue weighted by atomic mass is 16.5. The molecule has 1 aliphatic heterocycles. The second kappa shape index (κ2) is 9.05. The Labute approximate surface area is 169 Å². The lowest BCUT2D eigenvalue weighted by Crippen LogP contribution is -2.50. The first kappa shape index (κ1) is 18.7. The molecular formula is C22H23N5O2. The van der Waals surface area contributed by atoms with Gasteiger partial charge in [0.25, 0.3) is 5.91 Å². The van der Waals surface area contributed by atoms with Gasteiger partial charge in [0.2, 0.25) is 0 Å². The van der Waals surface area contributed by atoms with E-state index in [1.165, 1.54) is 0 Å². The number of anilines is 3. The third-order valence-corrected chi connectivity index (χ3v) is 4.76. The van der Waals surface area contributed by atoms with Crippen LogP contribution in [0.4, 0.5) is 17.3 Å². The maximum Gasteiger partial charge on any atom is 0.260 e. The van der Waals surface area contributed by atoms with Crippen LogP contribution < -0.4 is 15.0 Å². The monoisotopic (exact) mass is 389 g/mol. The average molecular weight is 389 g/mol. The molecule has 1 amide bonds. The fourth-order valence-corrected chi connectivity index (χ4v) is 3.17. The zero-order chi connectivity index (χ0) is 19.9. The molecule has 7 nitrogen and oxygen atoms in total. The summed E-state index contributed by atoms with van der Waals surface area (Å²) in [6, 6.07) is 23.1. The minimum absolute atomic E-state index is 0.00185. The van der Waals surface area contributed by atoms with Gasteiger partial charge in [-0.15, -0.1) is 10.2 Å². The number of nitrogens with zero attached hydrogens (tertiary/aromatic N) is 4. The van der Waals surface area contributed by atoms with Crippen LogP contribution in [0.1, 0.15) is 0 Å². The lowest BCUT2D eigenvalue weighted by atomic mass is 10.3. The van der Waals surface area contributed by atoms with Crippen LogP contribution in [0.2, 0.25) is 0 Å². The summed E-state index contributed by atoms with van der Waals surface area (Å²) in [5.74, 6) is 2.23. The standard InChI is InChI=1S/C22H23N5O2/c28-22(17-29-19-9-5-2-6-10-19)27-15-13-26(14-16-27)21-12-11-20(24-25-21)23-18-7-3-1-4-8-18/h1-12H,13-17H2,(H,23,24). The number of amides is 1. The van der Waals surface area contributed by atoms with Crippen molar-refractivity contribution in [3.05, 3.63) is 72.8 Å². The van der Waals surface area contributed by atoms with E-state index in [2.05, 4.69) is 20.4 Å². The summed E-state index contributed by atoms with van der Waals surface area (Å²) in [4.78, 5) is 16.4. The molecule has 1 fully saturated rings. The minimum atomic E-state index is 0.00185. The number of carbonyl (C=O) groups excluding carboxylic acids is 1. The van der Waals surface area contributed by atoms with Crippen LogP contribution >= 0.6 is 0 Å². The third kappa shape index (κ3) is 5.01. The second-order valence-corrected chi connectivity index (χ2v) is 6.74. The Kier molecular flexibility index (Phi) is 5.85. The van der Waals surface area contributed by atoms with E-state index in [4.69, 9.17) is 4.74 Å². The van der Waals surface area contributed by atoms with Gasteiger partial charge >= 0.3 is 0 Å². The molecule has 0 radical (unpaired) electrons. The molecule has 1 aromatic heterocycles. The van der Waals surface area contributed by atoms with Crippen LogP contribution in [0.25, 0.3) is 0 Å². The maximum atomic E-state index is 12.4. The number of carbonyl (C=O) groups is 1. The molecule has 29 heavy (non-hydrogen) atoms. The molecule has 0 spiro atoms. The Morgan fingerprint density at radius 1 is 0.862 bits per heavy atom. The molecule has 1 aliphatic rings. The summed E-state index contributed by atoms with van der Waals surface area (Å²) in [6.07, 6.45) is 0. The zero-order valence-electron chi connectivity index (χ0n) is 16.1. The SMILES string of the molecule is O=C(COc1ccccc1)N1CCN(c2ccc(Nc3ccccc3)nn2)CC1. The fourth-order valence-electron chi connectivity index (χ4n) is 3.17. The Hall–Kier alpha value is -3.61. The number of benzene rings is 2. The molecule has 0 aliphatic carbocycles. The second-order valence-electron chi connectivity index (χ2n) is 6.74. The van der Waals surface area contributed by atoms with Crippen molar-refractivity contribution in [2.24, 2.45) is 0 Å². The van der Waals surface area contributed by atoms with Gasteiger partial charge in [0.1, 0.15) is 5.75 Å². The van der Waals surface area contributed by atoms with E-state index in [-0.39, 0.29) is 12.5 Å². The Bertz CT molecular complexity index is 911. The van der Waals surface area contributed by atoms with Crippen molar-refractivity contribution in [1.29, 1.82) is 0 Å². The predicted octanol–water partition coefficient (Wildman–Crippen LogP) is 2.95. The van der Waals surface area contributed by atoms with Crippen molar-refractivity contribution < 1.29 is 9.53 Å². The van der Waals surface area contributed by atoms with E-state index in [9.17, 15) is 4.79 Å². The molecule has 0 unspecified atom stereocenters. The predicted molar refractivity (Wildman–Crippen MR) is 112 cm³/mol. The quantitative estimate of drug-likeness (QED) is 0.699. The number of hydrogen-bond donors (Lipinski definition) is 1. The molecule has 0 atom stereocenters. The summed E-state index contributed by atoms with van der Waals surface area (Å²) in [5, 5.41) is 11.8. The number of para-hydroxylation sites is 2. The number of nitrogens with one attached hydrogen (secondary N) is 1. The lowest BCUT2D eigenvalue weighted by molar-refractivity contribution is -0.133. The molecule has 3 aromatic rings. The van der Waals surface area contributed by atoms with Crippen LogP contribution in [0.3, 0.4) is 0 Å². The van der Waals surface area contributed by atoms with E-state index in [0.717, 1.165) is 24.6 Å². The van der Waals surface area contributed by atoms with Gasteiger partial charge in [-0.25, -0.2) is 0 Å². The molecule has 7 heteroatoms. The van der Waals surface area contributed by atoms with Crippen molar-refractivity contribution in [1.82, 2.24) is 15.1 Å². The van der Waals surface area contributed by atoms with Crippen LogP contribution in [-0.4, -0.2) is 53.8 Å². The molecule has 2 heterocycles. The van der Waals surface area contributed by atoms with Gasteiger partial charge in [-0.1, -0.05) is 36.4 Å². The van der Waals surface area contributed by atoms with E-state index in [1.54, 1.807) is 0 Å². The molecule has 148 valence electrons. The van der Waals surface area contributed by atoms with Gasteiger partial charge in [0.15, 0.2) is 18.2 Å². The Morgan fingerprint density at radius 3 is 2.21 bits per heavy atom. The van der Waals surface area contributed by atoms with Crippen molar-refractivity contribution in [2.45, 2.75) is 0 Å². The number of rotatable bonds is 6. The number of aromatic nitrogens is 2. The number of piperazine rings is 1. The number of hydrogen-bond acceptors (Lipinski definition) is 6. The first-order valence-electron chi connectivity index (χ1n) is 9.64. The first-order chi connectivity index (χ1) is 14.3. The largest absolute Gasteiger partial charge is 0.484 e. The van der Waals surface area contributed by atoms with Crippen molar-refractivity contribution in [2.75, 3.05) is 43.0 Å². The fraction of sp³-hybridized carbons (Fsp3) is 0.227. The van der Waals surface area contributed by atoms with Crippen LogP contribution in [0.5, 0.6) is 5.75 Å². The molecular weight excluding hydrogens is 366 g/mol.